The lowest BCUT2D eigenvalue weighted by Crippen LogP contribution is -2.47. The number of pyridine rings is 2. The predicted octanol–water partition coefficient (Wildman–Crippen LogP) is 2.46. The van der Waals surface area contributed by atoms with E-state index >= 15 is 0 Å². The lowest BCUT2D eigenvalue weighted by molar-refractivity contribution is 0.640. The van der Waals surface area contributed by atoms with Gasteiger partial charge >= 0.3 is 0 Å². The third-order valence-electron chi connectivity index (χ3n) is 3.74. The van der Waals surface area contributed by atoms with E-state index < -0.39 is 0 Å². The normalized spacial score (nSPS) is 15.3. The maximum atomic E-state index is 5.68. The van der Waals surface area contributed by atoms with Crippen molar-refractivity contribution < 1.29 is 0 Å². The average molecular weight is 348 g/mol. The highest BCUT2D eigenvalue weighted by molar-refractivity contribution is 9.10. The van der Waals surface area contributed by atoms with Gasteiger partial charge in [0.1, 0.15) is 11.6 Å². The van der Waals surface area contributed by atoms with Crippen LogP contribution in [0.4, 0.5) is 17.3 Å². The molecule has 1 aliphatic rings. The maximum absolute atomic E-state index is 5.68. The van der Waals surface area contributed by atoms with Gasteiger partial charge in [0.25, 0.3) is 0 Å². The van der Waals surface area contributed by atoms with Crippen molar-refractivity contribution in [1.82, 2.24) is 9.97 Å². The molecule has 21 heavy (non-hydrogen) atoms. The van der Waals surface area contributed by atoms with E-state index in [1.807, 2.05) is 24.4 Å². The Morgan fingerprint density at radius 3 is 2.43 bits per heavy atom. The Balaban J connectivity index is 1.70. The third kappa shape index (κ3) is 2.95. The lowest BCUT2D eigenvalue weighted by Gasteiger charge is -2.36. The highest BCUT2D eigenvalue weighted by Crippen LogP contribution is 2.28. The van der Waals surface area contributed by atoms with Gasteiger partial charge in [0.05, 0.1) is 16.4 Å². The zero-order valence-electron chi connectivity index (χ0n) is 12.0. The number of hydrogen-bond donors (Lipinski definition) is 1. The molecular formula is C15H18BrN5. The van der Waals surface area contributed by atoms with Crippen LogP contribution >= 0.6 is 15.9 Å². The van der Waals surface area contributed by atoms with E-state index in [0.29, 0.717) is 5.69 Å². The molecule has 6 heteroatoms. The van der Waals surface area contributed by atoms with Crippen LogP contribution in [-0.2, 0) is 0 Å². The van der Waals surface area contributed by atoms with Crippen molar-refractivity contribution >= 4 is 33.3 Å². The minimum Gasteiger partial charge on any atom is -0.397 e. The first-order valence-electron chi connectivity index (χ1n) is 6.97. The van der Waals surface area contributed by atoms with Gasteiger partial charge in [0.2, 0.25) is 0 Å². The first-order chi connectivity index (χ1) is 10.1. The van der Waals surface area contributed by atoms with Crippen molar-refractivity contribution in [3.63, 3.8) is 0 Å². The second kappa shape index (κ2) is 5.89. The van der Waals surface area contributed by atoms with Crippen molar-refractivity contribution in [3.05, 3.63) is 40.6 Å². The molecule has 2 aromatic heterocycles. The van der Waals surface area contributed by atoms with Crippen LogP contribution in [-0.4, -0.2) is 36.1 Å². The summed E-state index contributed by atoms with van der Waals surface area (Å²) in [5.74, 6) is 2.01. The number of aromatic nitrogens is 2. The molecule has 2 aromatic rings. The summed E-state index contributed by atoms with van der Waals surface area (Å²) in [6, 6.07) is 5.89. The Morgan fingerprint density at radius 2 is 1.76 bits per heavy atom. The summed E-state index contributed by atoms with van der Waals surface area (Å²) in [6.07, 6.45) is 3.57. The molecule has 0 amide bonds. The van der Waals surface area contributed by atoms with Gasteiger partial charge in [-0.15, -0.1) is 0 Å². The van der Waals surface area contributed by atoms with Crippen molar-refractivity contribution in [1.29, 1.82) is 0 Å². The summed E-state index contributed by atoms with van der Waals surface area (Å²) >= 11 is 3.64. The number of nitrogens with two attached hydrogens (primary N) is 1. The van der Waals surface area contributed by atoms with E-state index in [-0.39, 0.29) is 0 Å². The van der Waals surface area contributed by atoms with Crippen molar-refractivity contribution in [3.8, 4) is 0 Å². The monoisotopic (exact) mass is 347 g/mol. The average Bonchev–Trinajstić information content (AvgIpc) is 2.51. The first kappa shape index (κ1) is 14.1. The van der Waals surface area contributed by atoms with Crippen molar-refractivity contribution in [2.24, 2.45) is 0 Å². The summed E-state index contributed by atoms with van der Waals surface area (Å²) < 4.78 is 1.09. The van der Waals surface area contributed by atoms with Crippen molar-refractivity contribution in [2.75, 3.05) is 41.7 Å². The number of anilines is 3. The summed E-state index contributed by atoms with van der Waals surface area (Å²) in [5, 5.41) is 0. The molecule has 0 aromatic carbocycles. The molecule has 0 bridgehead atoms. The minimum atomic E-state index is 0.699. The smallest absolute Gasteiger partial charge is 0.143 e. The summed E-state index contributed by atoms with van der Waals surface area (Å²) in [4.78, 5) is 13.5. The molecule has 0 radical (unpaired) electrons. The predicted molar refractivity (Wildman–Crippen MR) is 89.7 cm³/mol. The van der Waals surface area contributed by atoms with E-state index in [0.717, 1.165) is 42.3 Å². The molecule has 3 rings (SSSR count). The first-order valence-corrected chi connectivity index (χ1v) is 7.77. The minimum absolute atomic E-state index is 0.699. The molecule has 1 saturated heterocycles. The molecule has 0 unspecified atom stereocenters. The molecule has 3 heterocycles. The molecular weight excluding hydrogens is 330 g/mol. The highest BCUT2D eigenvalue weighted by atomic mass is 79.9. The largest absolute Gasteiger partial charge is 0.397 e. The summed E-state index contributed by atoms with van der Waals surface area (Å²) in [6.45, 7) is 5.81. The van der Waals surface area contributed by atoms with Gasteiger partial charge in [-0.2, -0.15) is 0 Å². The molecule has 0 spiro atoms. The Kier molecular flexibility index (Phi) is 3.96. The van der Waals surface area contributed by atoms with E-state index in [1.54, 1.807) is 6.20 Å². The number of piperazine rings is 1. The number of nitrogen functional groups attached to an aromatic ring is 1. The standard InChI is InChI=1S/C15H18BrN5/c1-11-4-5-18-15(14(11)16)21-8-6-20(7-9-21)13-3-2-12(17)10-19-13/h2-5,10H,6-9,17H2,1H3. The van der Waals surface area contributed by atoms with Gasteiger partial charge in [-0.05, 0) is 46.6 Å². The summed E-state index contributed by atoms with van der Waals surface area (Å²) in [7, 11) is 0. The van der Waals surface area contributed by atoms with Gasteiger partial charge < -0.3 is 15.5 Å². The lowest BCUT2D eigenvalue weighted by atomic mass is 10.2. The fourth-order valence-corrected chi connectivity index (χ4v) is 2.96. The Bertz CT molecular complexity index is 620. The van der Waals surface area contributed by atoms with E-state index in [4.69, 9.17) is 5.73 Å². The van der Waals surface area contributed by atoms with Gasteiger partial charge in [-0.3, -0.25) is 0 Å². The van der Waals surface area contributed by atoms with Gasteiger partial charge in [-0.1, -0.05) is 0 Å². The van der Waals surface area contributed by atoms with Crippen LogP contribution in [0, 0.1) is 6.92 Å². The maximum Gasteiger partial charge on any atom is 0.143 e. The van der Waals surface area contributed by atoms with Gasteiger partial charge in [0.15, 0.2) is 0 Å². The quantitative estimate of drug-likeness (QED) is 0.904. The van der Waals surface area contributed by atoms with E-state index in [9.17, 15) is 0 Å². The summed E-state index contributed by atoms with van der Waals surface area (Å²) in [5.41, 5.74) is 7.59. The fraction of sp³-hybridized carbons (Fsp3) is 0.333. The number of nitrogens with zero attached hydrogens (tertiary/aromatic N) is 4. The topological polar surface area (TPSA) is 58.3 Å². The van der Waals surface area contributed by atoms with Crippen LogP contribution in [0.25, 0.3) is 0 Å². The Labute approximate surface area is 132 Å². The number of rotatable bonds is 2. The zero-order valence-corrected chi connectivity index (χ0v) is 13.5. The molecule has 5 nitrogen and oxygen atoms in total. The molecule has 0 aliphatic carbocycles. The van der Waals surface area contributed by atoms with E-state index in [2.05, 4.69) is 42.6 Å². The Morgan fingerprint density at radius 1 is 1.05 bits per heavy atom. The number of halogens is 1. The SMILES string of the molecule is Cc1ccnc(N2CCN(c3ccc(N)cn3)CC2)c1Br. The molecule has 110 valence electrons. The van der Waals surface area contributed by atoms with Crippen LogP contribution in [0.3, 0.4) is 0 Å². The van der Waals surface area contributed by atoms with Crippen LogP contribution in [0.5, 0.6) is 0 Å². The van der Waals surface area contributed by atoms with E-state index in [1.165, 1.54) is 5.56 Å². The highest BCUT2D eigenvalue weighted by Gasteiger charge is 2.20. The van der Waals surface area contributed by atoms with Crippen LogP contribution in [0.2, 0.25) is 0 Å². The van der Waals surface area contributed by atoms with Crippen LogP contribution < -0.4 is 15.5 Å². The number of hydrogen-bond acceptors (Lipinski definition) is 5. The van der Waals surface area contributed by atoms with Gasteiger partial charge in [-0.25, -0.2) is 9.97 Å². The fourth-order valence-electron chi connectivity index (χ4n) is 2.48. The molecule has 2 N–H and O–H groups in total. The molecule has 0 atom stereocenters. The van der Waals surface area contributed by atoms with Gasteiger partial charge in [0, 0.05) is 32.4 Å². The second-order valence-corrected chi connectivity index (χ2v) is 5.98. The second-order valence-electron chi connectivity index (χ2n) is 5.19. The number of aryl methyl sites for hydroxylation is 1. The van der Waals surface area contributed by atoms with Crippen LogP contribution in [0.1, 0.15) is 5.56 Å². The zero-order chi connectivity index (χ0) is 14.8. The molecule has 1 fully saturated rings. The van der Waals surface area contributed by atoms with Crippen molar-refractivity contribution in [2.45, 2.75) is 6.92 Å². The Hall–Kier alpha value is -1.82. The van der Waals surface area contributed by atoms with Crippen LogP contribution in [0.15, 0.2) is 35.1 Å². The molecule has 1 aliphatic heterocycles. The molecule has 0 saturated carbocycles. The third-order valence-corrected chi connectivity index (χ3v) is 4.72.